The summed E-state index contributed by atoms with van der Waals surface area (Å²) in [6.07, 6.45) is 0.732. The molecule has 15 nitrogen and oxygen atoms in total. The molecule has 0 aliphatic rings. The first-order valence-electron chi connectivity index (χ1n) is 7.28. The fraction of sp³-hybridized carbons (Fsp3) is 0. The van der Waals surface area contributed by atoms with Crippen molar-refractivity contribution >= 4 is 71.9 Å². The van der Waals surface area contributed by atoms with Crippen LogP contribution in [-0.4, -0.2) is 44.9 Å². The van der Waals surface area contributed by atoms with Crippen LogP contribution < -0.4 is 0 Å². The summed E-state index contributed by atoms with van der Waals surface area (Å²) in [5, 5.41) is 31.3. The minimum atomic E-state index is -4.67. The van der Waals surface area contributed by atoms with Gasteiger partial charge in [0.2, 0.25) is 0 Å². The monoisotopic (exact) mass is 601 g/mol. The van der Waals surface area contributed by atoms with E-state index in [-0.39, 0.29) is 27.6 Å². The smallest absolute Gasteiger partial charge is 0.298 e. The highest BCUT2D eigenvalue weighted by atomic mass is 79.9. The first kappa shape index (κ1) is 28.8. The lowest BCUT2D eigenvalue weighted by Gasteiger charge is -1.98. The summed E-state index contributed by atoms with van der Waals surface area (Å²) in [6.45, 7) is 0. The number of carbonyl (C=O) groups excluding carboxylic acids is 2. The number of rotatable bonds is 5. The molecule has 0 saturated carbocycles. The molecule has 0 atom stereocenters. The Morgan fingerprint density at radius 1 is 0.750 bits per heavy atom. The van der Waals surface area contributed by atoms with E-state index in [2.05, 4.69) is 31.9 Å². The van der Waals surface area contributed by atoms with Gasteiger partial charge >= 0.3 is 10.4 Å². The molecule has 0 radical (unpaired) electrons. The van der Waals surface area contributed by atoms with Gasteiger partial charge in [0.1, 0.15) is 0 Å². The normalized spacial score (nSPS) is 9.88. The highest BCUT2D eigenvalue weighted by Crippen LogP contribution is 2.31. The molecule has 0 fully saturated rings. The molecule has 32 heavy (non-hydrogen) atoms. The fourth-order valence-corrected chi connectivity index (χ4v) is 2.63. The molecular weight excluding hydrogens is 594 g/mol. The van der Waals surface area contributed by atoms with E-state index in [4.69, 9.17) is 17.5 Å². The molecule has 0 heterocycles. The maximum Gasteiger partial charge on any atom is 0.394 e. The van der Waals surface area contributed by atoms with E-state index in [1.165, 1.54) is 18.2 Å². The number of benzene rings is 2. The van der Waals surface area contributed by atoms with E-state index in [0.29, 0.717) is 10.8 Å². The van der Waals surface area contributed by atoms with Gasteiger partial charge in [-0.3, -0.25) is 49.0 Å². The molecule has 0 spiro atoms. The van der Waals surface area contributed by atoms with Crippen LogP contribution in [0.2, 0.25) is 0 Å². The lowest BCUT2D eigenvalue weighted by Crippen LogP contribution is -1.98. The van der Waals surface area contributed by atoms with Crippen LogP contribution in [-0.2, 0) is 10.4 Å². The number of halogens is 2. The lowest BCUT2D eigenvalue weighted by molar-refractivity contribution is -0.394. The van der Waals surface area contributed by atoms with Crippen LogP contribution in [0.1, 0.15) is 20.7 Å². The molecule has 0 aliphatic heterocycles. The number of nitro groups is 3. The minimum Gasteiger partial charge on any atom is -0.298 e. The topological polar surface area (TPSA) is 238 Å². The van der Waals surface area contributed by atoms with Crippen LogP contribution in [0.4, 0.5) is 17.1 Å². The SMILES string of the molecule is O=Cc1cc(Br)c([N+](=O)[O-])cc1[N+](=O)[O-].O=Cc1cc(Br)ccc1[N+](=O)[O-].O=S(=O)(O)O. The van der Waals surface area contributed by atoms with Crippen LogP contribution in [0.3, 0.4) is 0 Å². The molecule has 2 N–H and O–H groups in total. The first-order valence-corrected chi connectivity index (χ1v) is 10.3. The molecular formula is C14H9Br2N3O12S. The highest BCUT2D eigenvalue weighted by molar-refractivity contribution is 9.10. The summed E-state index contributed by atoms with van der Waals surface area (Å²) in [6, 6.07) is 6.00. The van der Waals surface area contributed by atoms with E-state index in [1.807, 2.05) is 0 Å². The third kappa shape index (κ3) is 10.2. The van der Waals surface area contributed by atoms with Crippen molar-refractivity contribution in [3.05, 3.63) is 80.7 Å². The van der Waals surface area contributed by atoms with Crippen molar-refractivity contribution in [1.82, 2.24) is 0 Å². The van der Waals surface area contributed by atoms with Crippen LogP contribution in [0.5, 0.6) is 0 Å². The molecule has 0 aliphatic carbocycles. The van der Waals surface area contributed by atoms with Crippen LogP contribution in [0.15, 0.2) is 39.3 Å². The lowest BCUT2D eigenvalue weighted by atomic mass is 10.2. The number of carbonyl (C=O) groups is 2. The van der Waals surface area contributed by atoms with Gasteiger partial charge in [0.05, 0.1) is 36.4 Å². The maximum absolute atomic E-state index is 10.5. The summed E-state index contributed by atoms with van der Waals surface area (Å²) in [4.78, 5) is 49.9. The number of aldehydes is 2. The number of nitrogens with zero attached hydrogens (tertiary/aromatic N) is 3. The Hall–Kier alpha value is -3.19. The second-order valence-corrected chi connectivity index (χ2v) is 7.69. The van der Waals surface area contributed by atoms with Crippen LogP contribution >= 0.6 is 31.9 Å². The highest BCUT2D eigenvalue weighted by Gasteiger charge is 2.22. The Bertz CT molecular complexity index is 1160. The second-order valence-electron chi connectivity index (χ2n) is 5.02. The van der Waals surface area contributed by atoms with E-state index in [9.17, 15) is 39.9 Å². The van der Waals surface area contributed by atoms with Gasteiger partial charge in [0, 0.05) is 10.5 Å². The van der Waals surface area contributed by atoms with Gasteiger partial charge in [-0.05, 0) is 34.1 Å². The van der Waals surface area contributed by atoms with Gasteiger partial charge in [0.15, 0.2) is 12.6 Å². The molecule has 0 unspecified atom stereocenters. The van der Waals surface area contributed by atoms with E-state index in [0.717, 1.165) is 12.1 Å². The van der Waals surface area contributed by atoms with Crippen molar-refractivity contribution in [3.63, 3.8) is 0 Å². The Morgan fingerprint density at radius 3 is 1.53 bits per heavy atom. The molecule has 2 aromatic carbocycles. The summed E-state index contributed by atoms with van der Waals surface area (Å²) in [7, 11) is -4.67. The second kappa shape index (κ2) is 12.6. The van der Waals surface area contributed by atoms with Crippen molar-refractivity contribution in [1.29, 1.82) is 0 Å². The van der Waals surface area contributed by atoms with Gasteiger partial charge in [-0.25, -0.2) is 0 Å². The maximum atomic E-state index is 10.5. The van der Waals surface area contributed by atoms with Gasteiger partial charge in [-0.1, -0.05) is 15.9 Å². The molecule has 2 aromatic rings. The van der Waals surface area contributed by atoms with Crippen molar-refractivity contribution in [3.8, 4) is 0 Å². The van der Waals surface area contributed by atoms with E-state index < -0.39 is 36.5 Å². The van der Waals surface area contributed by atoms with Gasteiger partial charge in [0.25, 0.3) is 17.1 Å². The Labute approximate surface area is 194 Å². The minimum absolute atomic E-state index is 0.0280. The van der Waals surface area contributed by atoms with E-state index in [1.54, 1.807) is 0 Å². The predicted octanol–water partition coefficient (Wildman–Crippen LogP) is 3.60. The zero-order valence-electron chi connectivity index (χ0n) is 15.0. The summed E-state index contributed by atoms with van der Waals surface area (Å²) in [5.74, 6) is 0. The number of hydrogen-bond donors (Lipinski definition) is 2. The van der Waals surface area contributed by atoms with Crippen LogP contribution in [0, 0.1) is 30.3 Å². The summed E-state index contributed by atoms with van der Waals surface area (Å²) < 4.78 is 32.3. The van der Waals surface area contributed by atoms with Crippen LogP contribution in [0.25, 0.3) is 0 Å². The standard InChI is InChI=1S/C7H3BrN2O5.C7H4BrNO3.H2O4S/c8-5-1-4(3-11)6(9(12)13)2-7(5)10(14)15;8-6-1-2-7(9(11)12)5(3-6)4-10;1-5(2,3)4/h1-3H;1-4H;(H2,1,2,3,4). The Kier molecular flexibility index (Phi) is 11.4. The Morgan fingerprint density at radius 2 is 1.16 bits per heavy atom. The third-order valence-corrected chi connectivity index (χ3v) is 4.06. The van der Waals surface area contributed by atoms with Gasteiger partial charge < -0.3 is 0 Å². The van der Waals surface area contributed by atoms with Crippen molar-refractivity contribution < 1.29 is 41.9 Å². The molecule has 0 amide bonds. The molecule has 18 heteroatoms. The molecule has 0 saturated heterocycles. The largest absolute Gasteiger partial charge is 0.394 e. The average molecular weight is 603 g/mol. The summed E-state index contributed by atoms with van der Waals surface area (Å²) >= 11 is 5.95. The van der Waals surface area contributed by atoms with Gasteiger partial charge in [-0.2, -0.15) is 8.42 Å². The number of nitro benzene ring substituents is 3. The molecule has 0 bridgehead atoms. The fourth-order valence-electron chi connectivity index (χ4n) is 1.74. The van der Waals surface area contributed by atoms with E-state index >= 15 is 0 Å². The summed E-state index contributed by atoms with van der Waals surface area (Å²) in [5.41, 5.74) is -1.34. The Balaban J connectivity index is 0.000000505. The zero-order valence-corrected chi connectivity index (χ0v) is 19.0. The van der Waals surface area contributed by atoms with Gasteiger partial charge in [-0.15, -0.1) is 0 Å². The third-order valence-electron chi connectivity index (χ3n) is 2.93. The zero-order chi connectivity index (χ0) is 25.2. The quantitative estimate of drug-likeness (QED) is 0.216. The van der Waals surface area contributed by atoms with Crippen molar-refractivity contribution in [2.45, 2.75) is 0 Å². The molecule has 172 valence electrons. The van der Waals surface area contributed by atoms with Crippen molar-refractivity contribution in [2.24, 2.45) is 0 Å². The number of hydrogen-bond acceptors (Lipinski definition) is 10. The predicted molar refractivity (Wildman–Crippen MR) is 113 cm³/mol. The average Bonchev–Trinajstić information content (AvgIpc) is 2.65. The molecule has 2 rings (SSSR count). The molecule has 0 aromatic heterocycles. The first-order chi connectivity index (χ1) is 14.6. The van der Waals surface area contributed by atoms with Crippen molar-refractivity contribution in [2.75, 3.05) is 0 Å².